The first-order valence-electron chi connectivity index (χ1n) is 23.8. The van der Waals surface area contributed by atoms with Gasteiger partial charge in [-0.2, -0.15) is 0 Å². The zero-order valence-electron chi connectivity index (χ0n) is 38.3. The molecule has 5 heteroatoms. The third-order valence-corrected chi connectivity index (χ3v) is 14.0. The quantitative estimate of drug-likeness (QED) is 0.135. The third-order valence-electron chi connectivity index (χ3n) is 14.0. The lowest BCUT2D eigenvalue weighted by Crippen LogP contribution is -2.53. The topological polar surface area (TPSA) is 25.6 Å². The Balaban J connectivity index is 0.891. The van der Waals surface area contributed by atoms with Crippen molar-refractivity contribution in [2.24, 2.45) is 0 Å². The molecular weight excluding hydrogens is 857 g/mol. The Hall–Kier alpha value is -8.93. The summed E-state index contributed by atoms with van der Waals surface area (Å²) in [5, 5.41) is 4.48. The fourth-order valence-corrected chi connectivity index (χ4v) is 10.7. The van der Waals surface area contributed by atoms with Crippen LogP contribution in [0.3, 0.4) is 0 Å². The van der Waals surface area contributed by atoms with Crippen molar-refractivity contribution in [3.05, 3.63) is 254 Å². The van der Waals surface area contributed by atoms with Crippen LogP contribution in [0, 0.1) is 12.7 Å². The van der Waals surface area contributed by atoms with Crippen LogP contribution in [0.25, 0.3) is 77.2 Å². The van der Waals surface area contributed by atoms with Crippen LogP contribution in [-0.4, -0.2) is 6.71 Å². The van der Waals surface area contributed by atoms with Gasteiger partial charge in [0.1, 0.15) is 28.5 Å². The molecule has 0 fully saturated rings. The first-order chi connectivity index (χ1) is 34.6. The van der Waals surface area contributed by atoms with Crippen LogP contribution in [0.1, 0.15) is 5.56 Å². The SMILES string of the molecule is Cc1ccccc1B(c1ccc2c3c(cccc13)Oc1cc(-c3ccc(N(c4ccccc4)c4c(F)cc(-c5ccccc5)cc4-c4ccccc4)cc3)ccc1-2)c1cccc2c1oc1ccccc12. The summed E-state index contributed by atoms with van der Waals surface area (Å²) >= 11 is 0. The molecule has 70 heavy (non-hydrogen) atoms. The van der Waals surface area contributed by atoms with E-state index in [1.807, 2.05) is 102 Å². The molecular formula is C65H43BFNO2. The highest BCUT2D eigenvalue weighted by Gasteiger charge is 2.31. The van der Waals surface area contributed by atoms with Crippen molar-refractivity contribution in [1.82, 2.24) is 0 Å². The standard InChI is InChI=1S/C65H43BFNO2/c1-42-17-11-13-27-56(42)66(58-28-15-25-53-50-24-12-14-29-60(50)70-65(53)58)57-38-37-52-51-36-33-46(41-62(51)69-61-30-16-26-54(57)63(52)61)44-31-34-49(35-32-44)68(48-22-9-4-10-23-48)64-55(45-20-7-3-8-21-45)39-47(40-59(64)67)43-18-5-2-6-19-43/h2-41H,1H3. The van der Waals surface area contributed by atoms with Crippen LogP contribution in [-0.2, 0) is 0 Å². The molecule has 0 bridgehead atoms. The van der Waals surface area contributed by atoms with E-state index in [2.05, 4.69) is 146 Å². The van der Waals surface area contributed by atoms with Gasteiger partial charge in [0.2, 0.25) is 6.71 Å². The van der Waals surface area contributed by atoms with E-state index < -0.39 is 0 Å². The first kappa shape index (κ1) is 41.3. The van der Waals surface area contributed by atoms with E-state index in [1.165, 1.54) is 16.5 Å². The number of furan rings is 1. The van der Waals surface area contributed by atoms with E-state index >= 15 is 4.39 Å². The molecule has 0 unspecified atom stereocenters. The van der Waals surface area contributed by atoms with Gasteiger partial charge < -0.3 is 14.1 Å². The van der Waals surface area contributed by atoms with Gasteiger partial charge in [0, 0.05) is 38.7 Å². The highest BCUT2D eigenvalue weighted by molar-refractivity contribution is 6.98. The van der Waals surface area contributed by atoms with Crippen molar-refractivity contribution in [3.8, 4) is 56.0 Å². The fourth-order valence-electron chi connectivity index (χ4n) is 10.7. The third kappa shape index (κ3) is 6.97. The summed E-state index contributed by atoms with van der Waals surface area (Å²) in [6, 6.07) is 83.3. The minimum atomic E-state index is -0.309. The number of rotatable bonds is 9. The zero-order chi connectivity index (χ0) is 46.7. The predicted molar refractivity (Wildman–Crippen MR) is 290 cm³/mol. The number of anilines is 3. The van der Waals surface area contributed by atoms with E-state index in [4.69, 9.17) is 9.15 Å². The van der Waals surface area contributed by atoms with Crippen molar-refractivity contribution < 1.29 is 13.5 Å². The number of para-hydroxylation sites is 3. The molecule has 12 aromatic rings. The molecule has 0 radical (unpaired) electrons. The Morgan fingerprint density at radius 1 is 0.400 bits per heavy atom. The van der Waals surface area contributed by atoms with E-state index in [0.717, 1.165) is 106 Å². The van der Waals surface area contributed by atoms with E-state index in [9.17, 15) is 0 Å². The number of hydrogen-bond donors (Lipinski definition) is 0. The highest BCUT2D eigenvalue weighted by atomic mass is 19.1. The molecule has 0 spiro atoms. The highest BCUT2D eigenvalue weighted by Crippen LogP contribution is 2.49. The maximum atomic E-state index is 17.1. The van der Waals surface area contributed by atoms with Crippen molar-refractivity contribution in [3.63, 3.8) is 0 Å². The van der Waals surface area contributed by atoms with Crippen LogP contribution < -0.4 is 26.0 Å². The number of hydrogen-bond acceptors (Lipinski definition) is 3. The molecule has 13 rings (SSSR count). The second kappa shape index (κ2) is 17.0. The van der Waals surface area contributed by atoms with Crippen molar-refractivity contribution in [1.29, 1.82) is 0 Å². The molecule has 2 heterocycles. The molecule has 0 atom stereocenters. The number of benzene rings is 11. The fraction of sp³-hybridized carbons (Fsp3) is 0.0154. The maximum absolute atomic E-state index is 17.1. The molecule has 1 aliphatic heterocycles. The average Bonchev–Trinajstić information content (AvgIpc) is 3.80. The monoisotopic (exact) mass is 899 g/mol. The Morgan fingerprint density at radius 3 is 1.81 bits per heavy atom. The number of fused-ring (bicyclic) bond motifs is 5. The molecule has 0 saturated carbocycles. The van der Waals surface area contributed by atoms with Crippen LogP contribution >= 0.6 is 0 Å². The van der Waals surface area contributed by atoms with Gasteiger partial charge >= 0.3 is 0 Å². The van der Waals surface area contributed by atoms with Crippen LogP contribution in [0.4, 0.5) is 21.5 Å². The van der Waals surface area contributed by atoms with Gasteiger partial charge in [-0.05, 0) is 112 Å². The van der Waals surface area contributed by atoms with Crippen molar-refractivity contribution in [2.45, 2.75) is 6.92 Å². The minimum Gasteiger partial charge on any atom is -0.457 e. The lowest BCUT2D eigenvalue weighted by molar-refractivity contribution is 0.487. The Kier molecular flexibility index (Phi) is 10.0. The summed E-state index contributed by atoms with van der Waals surface area (Å²) in [6.45, 7) is 2.09. The van der Waals surface area contributed by atoms with Crippen molar-refractivity contribution in [2.75, 3.05) is 4.90 Å². The number of ether oxygens (including phenoxy) is 1. The summed E-state index contributed by atoms with van der Waals surface area (Å²) in [7, 11) is 0. The number of halogens is 1. The second-order valence-corrected chi connectivity index (χ2v) is 18.1. The first-order valence-corrected chi connectivity index (χ1v) is 23.8. The van der Waals surface area contributed by atoms with Gasteiger partial charge in [0.25, 0.3) is 0 Å². The van der Waals surface area contributed by atoms with Gasteiger partial charge in [0.05, 0.1) is 5.69 Å². The molecule has 0 aliphatic carbocycles. The summed E-state index contributed by atoms with van der Waals surface area (Å²) in [4.78, 5) is 2.03. The Bertz CT molecular complexity index is 3940. The van der Waals surface area contributed by atoms with Gasteiger partial charge in [-0.15, -0.1) is 0 Å². The van der Waals surface area contributed by atoms with E-state index in [0.29, 0.717) is 5.69 Å². The van der Waals surface area contributed by atoms with Crippen LogP contribution in [0.5, 0.6) is 11.5 Å². The average molecular weight is 900 g/mol. The summed E-state index contributed by atoms with van der Waals surface area (Å²) < 4.78 is 30.7. The largest absolute Gasteiger partial charge is 0.457 e. The van der Waals surface area contributed by atoms with Crippen LogP contribution in [0.15, 0.2) is 247 Å². The molecule has 330 valence electrons. The predicted octanol–water partition coefficient (Wildman–Crippen LogP) is 15.9. The lowest BCUT2D eigenvalue weighted by Gasteiger charge is -2.29. The van der Waals surface area contributed by atoms with E-state index in [1.54, 1.807) is 6.07 Å². The molecule has 0 saturated heterocycles. The second-order valence-electron chi connectivity index (χ2n) is 18.1. The van der Waals surface area contributed by atoms with Crippen LogP contribution in [0.2, 0.25) is 0 Å². The molecule has 3 nitrogen and oxygen atoms in total. The number of nitrogens with zero attached hydrogens (tertiary/aromatic N) is 1. The van der Waals surface area contributed by atoms with E-state index in [-0.39, 0.29) is 12.5 Å². The minimum absolute atomic E-state index is 0.102. The zero-order valence-corrected chi connectivity index (χ0v) is 38.3. The van der Waals surface area contributed by atoms with Gasteiger partial charge in [-0.1, -0.05) is 198 Å². The smallest absolute Gasteiger partial charge is 0.247 e. The molecule has 11 aromatic carbocycles. The van der Waals surface area contributed by atoms with Gasteiger partial charge in [-0.25, -0.2) is 4.39 Å². The molecule has 0 amide bonds. The summed E-state index contributed by atoms with van der Waals surface area (Å²) in [6.07, 6.45) is 0. The normalized spacial score (nSPS) is 11.7. The maximum Gasteiger partial charge on any atom is 0.247 e. The number of aryl methyl sites for hydroxylation is 1. The Morgan fingerprint density at radius 2 is 1.01 bits per heavy atom. The summed E-state index contributed by atoms with van der Waals surface area (Å²) in [5.74, 6) is 1.32. The van der Waals surface area contributed by atoms with Gasteiger partial charge in [0.15, 0.2) is 0 Å². The lowest BCUT2D eigenvalue weighted by atomic mass is 9.35. The molecule has 0 N–H and O–H groups in total. The Labute approximate surface area is 406 Å². The van der Waals surface area contributed by atoms with Crippen molar-refractivity contribution >= 4 is 72.9 Å². The molecule has 1 aliphatic rings. The summed E-state index contributed by atoms with van der Waals surface area (Å²) in [5.41, 5.74) is 16.5. The molecule has 1 aromatic heterocycles. The van der Waals surface area contributed by atoms with Gasteiger partial charge in [-0.3, -0.25) is 0 Å².